The first kappa shape index (κ1) is 36.6. The van der Waals surface area contributed by atoms with E-state index >= 15 is 0 Å². The number of nitrogens with zero attached hydrogens (tertiary/aromatic N) is 4. The number of imide groups is 1. The number of carbonyl (C=O) groups is 4. The summed E-state index contributed by atoms with van der Waals surface area (Å²) in [5.74, 6) is 1.42. The normalized spacial score (nSPS) is 20.4. The molecule has 3 atom stereocenters. The smallest absolute Gasteiger partial charge is 0.242 e. The van der Waals surface area contributed by atoms with Crippen LogP contribution < -0.4 is 16.4 Å². The molecule has 4 N–H and O–H groups in total. The van der Waals surface area contributed by atoms with Gasteiger partial charge in [0.05, 0.1) is 22.0 Å². The third-order valence-electron chi connectivity index (χ3n) is 9.88. The van der Waals surface area contributed by atoms with Gasteiger partial charge >= 0.3 is 0 Å². The molecule has 3 aromatic rings. The number of rotatable bonds is 15. The lowest BCUT2D eigenvalue weighted by Crippen LogP contribution is -2.37. The molecule has 1 saturated heterocycles. The molecule has 4 amide bonds. The van der Waals surface area contributed by atoms with E-state index in [1.54, 1.807) is 0 Å². The predicted molar refractivity (Wildman–Crippen MR) is 196 cm³/mol. The molecule has 0 radical (unpaired) electrons. The average Bonchev–Trinajstić information content (AvgIpc) is 3.62. The summed E-state index contributed by atoms with van der Waals surface area (Å²) in [7, 11) is 0. The van der Waals surface area contributed by atoms with Gasteiger partial charge in [-0.2, -0.15) is 0 Å². The molecule has 3 heterocycles. The molecule has 1 saturated carbocycles. The molecule has 49 heavy (non-hydrogen) atoms. The Balaban J connectivity index is 1.04. The van der Waals surface area contributed by atoms with E-state index in [1.165, 1.54) is 35.9 Å². The first-order valence-electron chi connectivity index (χ1n) is 18.3. The fourth-order valence-corrected chi connectivity index (χ4v) is 8.00. The third-order valence-corrected chi connectivity index (χ3v) is 11.1. The van der Waals surface area contributed by atoms with Gasteiger partial charge in [0.15, 0.2) is 5.82 Å². The number of likely N-dealkylation sites (tertiary alicyclic amines) is 1. The van der Waals surface area contributed by atoms with Crippen LogP contribution in [0.25, 0.3) is 21.9 Å². The molecular formula is C37H53N7O4S. The maximum atomic E-state index is 13.0. The second-order valence-corrected chi connectivity index (χ2v) is 15.0. The van der Waals surface area contributed by atoms with Crippen LogP contribution in [0.15, 0.2) is 24.3 Å². The largest absolute Gasteiger partial charge is 0.382 e. The van der Waals surface area contributed by atoms with Crippen molar-refractivity contribution in [3.8, 4) is 0 Å². The topological polar surface area (TPSA) is 152 Å². The molecule has 5 rings (SSSR count). The Morgan fingerprint density at radius 1 is 0.980 bits per heavy atom. The lowest BCUT2D eigenvalue weighted by Gasteiger charge is -2.19. The monoisotopic (exact) mass is 691 g/mol. The van der Waals surface area contributed by atoms with Crippen molar-refractivity contribution < 1.29 is 19.2 Å². The molecular weight excluding hydrogens is 639 g/mol. The van der Waals surface area contributed by atoms with Gasteiger partial charge in [-0.25, -0.2) is 9.97 Å². The van der Waals surface area contributed by atoms with E-state index in [0.717, 1.165) is 92.1 Å². The number of benzene rings is 1. The number of amides is 4. The molecule has 0 spiro atoms. The molecule has 1 aliphatic carbocycles. The fraction of sp³-hybridized carbons (Fsp3) is 0.622. The zero-order chi connectivity index (χ0) is 34.8. The Kier molecular flexibility index (Phi) is 13.3. The second kappa shape index (κ2) is 17.8. The highest BCUT2D eigenvalue weighted by atomic mass is 32.2. The van der Waals surface area contributed by atoms with Crippen LogP contribution >= 0.6 is 11.8 Å². The van der Waals surface area contributed by atoms with Gasteiger partial charge in [-0.05, 0) is 50.5 Å². The standard InChI is InChI=1S/C37H53N7O4S/c1-3-4-16-30-42-34-35(27-14-8-9-15-28(27)41-36(34)38)43(30)21-11-10-20-39-31(45)19-22-44-33(47)23-29(37(44)48)49-24-32(46)40-26-13-7-5-6-12-25(2)17-18-26/h8-9,14-15,25-26,29H,3-7,10-13,16-24H2,1-2H3,(H2,38,41)(H,39,45)(H,40,46). The number of anilines is 1. The van der Waals surface area contributed by atoms with Crippen molar-refractivity contribution in [2.45, 2.75) is 122 Å². The first-order chi connectivity index (χ1) is 23.7. The molecule has 2 aliphatic rings. The first-order valence-corrected chi connectivity index (χ1v) is 19.3. The molecule has 12 heteroatoms. The summed E-state index contributed by atoms with van der Waals surface area (Å²) in [6.07, 6.45) is 12.6. The van der Waals surface area contributed by atoms with Crippen LogP contribution in [0.5, 0.6) is 0 Å². The van der Waals surface area contributed by atoms with Crippen LogP contribution in [-0.2, 0) is 32.1 Å². The number of nitrogens with one attached hydrogen (secondary N) is 2. The molecule has 266 valence electrons. The molecule has 0 bridgehead atoms. The summed E-state index contributed by atoms with van der Waals surface area (Å²) in [5.41, 5.74) is 8.91. The number of para-hydroxylation sites is 1. The number of hydrogen-bond acceptors (Lipinski definition) is 8. The minimum atomic E-state index is -0.577. The minimum Gasteiger partial charge on any atom is -0.382 e. The molecule has 2 aromatic heterocycles. The molecule has 2 fully saturated rings. The Morgan fingerprint density at radius 3 is 2.63 bits per heavy atom. The fourth-order valence-electron chi connectivity index (χ4n) is 7.04. The summed E-state index contributed by atoms with van der Waals surface area (Å²) < 4.78 is 2.26. The summed E-state index contributed by atoms with van der Waals surface area (Å²) in [6.45, 7) is 5.74. The Morgan fingerprint density at radius 2 is 1.80 bits per heavy atom. The third kappa shape index (κ3) is 9.73. The van der Waals surface area contributed by atoms with Gasteiger partial charge in [0.25, 0.3) is 0 Å². The van der Waals surface area contributed by atoms with Crippen molar-refractivity contribution in [2.75, 3.05) is 24.6 Å². The molecule has 1 aliphatic heterocycles. The van der Waals surface area contributed by atoms with Gasteiger partial charge < -0.3 is 20.9 Å². The molecule has 11 nitrogen and oxygen atoms in total. The number of carbonyl (C=O) groups excluding carboxylic acids is 4. The van der Waals surface area contributed by atoms with E-state index in [1.807, 2.05) is 18.2 Å². The van der Waals surface area contributed by atoms with E-state index in [4.69, 9.17) is 10.7 Å². The average molecular weight is 692 g/mol. The van der Waals surface area contributed by atoms with Crippen molar-refractivity contribution in [1.29, 1.82) is 0 Å². The Hall–Kier alpha value is -3.67. The van der Waals surface area contributed by atoms with E-state index in [9.17, 15) is 19.2 Å². The van der Waals surface area contributed by atoms with Gasteiger partial charge in [0.2, 0.25) is 23.6 Å². The van der Waals surface area contributed by atoms with E-state index < -0.39 is 5.25 Å². The van der Waals surface area contributed by atoms with Gasteiger partial charge in [0.1, 0.15) is 11.3 Å². The number of thioether (sulfide) groups is 1. The zero-order valence-corrected chi connectivity index (χ0v) is 30.0. The van der Waals surface area contributed by atoms with E-state index in [-0.39, 0.29) is 54.8 Å². The van der Waals surface area contributed by atoms with Crippen LogP contribution in [0, 0.1) is 5.92 Å². The van der Waals surface area contributed by atoms with Crippen LogP contribution in [-0.4, -0.2) is 73.2 Å². The van der Waals surface area contributed by atoms with E-state index in [2.05, 4.69) is 40.1 Å². The number of unbranched alkanes of at least 4 members (excludes halogenated alkanes) is 2. The summed E-state index contributed by atoms with van der Waals surface area (Å²) in [5, 5.41) is 6.56. The van der Waals surface area contributed by atoms with Crippen molar-refractivity contribution in [3.63, 3.8) is 0 Å². The number of aromatic nitrogens is 3. The number of imidazole rings is 1. The predicted octanol–water partition coefficient (Wildman–Crippen LogP) is 5.52. The Labute approximate surface area is 293 Å². The summed E-state index contributed by atoms with van der Waals surface area (Å²) in [6, 6.07) is 8.15. The number of aryl methyl sites for hydroxylation is 2. The van der Waals surface area contributed by atoms with Gasteiger partial charge in [0, 0.05) is 50.3 Å². The van der Waals surface area contributed by atoms with Gasteiger partial charge in [-0.1, -0.05) is 64.2 Å². The number of hydrogen-bond donors (Lipinski definition) is 3. The summed E-state index contributed by atoms with van der Waals surface area (Å²) in [4.78, 5) is 61.6. The minimum absolute atomic E-state index is 0.0529. The van der Waals surface area contributed by atoms with Crippen molar-refractivity contribution >= 4 is 63.1 Å². The Bertz CT molecular complexity index is 1630. The van der Waals surface area contributed by atoms with Crippen LogP contribution in [0.2, 0.25) is 0 Å². The van der Waals surface area contributed by atoms with Crippen molar-refractivity contribution in [3.05, 3.63) is 30.1 Å². The number of pyridine rings is 1. The highest BCUT2D eigenvalue weighted by Crippen LogP contribution is 2.30. The summed E-state index contributed by atoms with van der Waals surface area (Å²) >= 11 is 1.23. The highest BCUT2D eigenvalue weighted by Gasteiger charge is 2.39. The molecule has 1 aromatic carbocycles. The van der Waals surface area contributed by atoms with Gasteiger partial charge in [-0.3, -0.25) is 24.1 Å². The quantitative estimate of drug-likeness (QED) is 0.139. The number of nitrogen functional groups attached to an aromatic ring is 1. The maximum Gasteiger partial charge on any atom is 0.242 e. The second-order valence-electron chi connectivity index (χ2n) is 13.8. The van der Waals surface area contributed by atoms with Crippen LogP contribution in [0.4, 0.5) is 5.82 Å². The molecule has 3 unspecified atom stereocenters. The SMILES string of the molecule is CCCCc1nc2c(N)nc3ccccc3c2n1CCCCNC(=O)CCN1C(=O)CC(SCC(=O)NC2CCCCCC(C)CC2)C1=O. The van der Waals surface area contributed by atoms with Crippen molar-refractivity contribution in [1.82, 2.24) is 30.1 Å². The number of nitrogens with two attached hydrogens (primary N) is 1. The highest BCUT2D eigenvalue weighted by molar-refractivity contribution is 8.01. The van der Waals surface area contributed by atoms with Crippen molar-refractivity contribution in [2.24, 2.45) is 5.92 Å². The lowest BCUT2D eigenvalue weighted by molar-refractivity contribution is -0.138. The lowest BCUT2D eigenvalue weighted by atomic mass is 9.98. The zero-order valence-electron chi connectivity index (χ0n) is 29.2. The van der Waals surface area contributed by atoms with Gasteiger partial charge in [-0.15, -0.1) is 11.8 Å². The number of fused-ring (bicyclic) bond motifs is 3. The van der Waals surface area contributed by atoms with Crippen LogP contribution in [0.3, 0.4) is 0 Å². The van der Waals surface area contributed by atoms with Crippen LogP contribution in [0.1, 0.15) is 103 Å². The van der Waals surface area contributed by atoms with E-state index in [0.29, 0.717) is 18.3 Å². The maximum absolute atomic E-state index is 13.0.